The maximum atomic E-state index is 5.69. The molecule has 2 heterocycles. The van der Waals surface area contributed by atoms with E-state index in [-0.39, 0.29) is 6.10 Å². The fraction of sp³-hybridized carbons (Fsp3) is 0.467. The van der Waals surface area contributed by atoms with Gasteiger partial charge in [0.1, 0.15) is 0 Å². The van der Waals surface area contributed by atoms with Crippen molar-refractivity contribution in [1.29, 1.82) is 0 Å². The zero-order valence-electron chi connectivity index (χ0n) is 12.2. The van der Waals surface area contributed by atoms with Crippen molar-refractivity contribution >= 4 is 0 Å². The van der Waals surface area contributed by atoms with Crippen LogP contribution in [0.25, 0.3) is 11.4 Å². The number of morpholine rings is 1. The van der Waals surface area contributed by atoms with Crippen molar-refractivity contribution in [2.75, 3.05) is 33.3 Å². The molecular formula is C15H20N4O2. The Morgan fingerprint density at radius 2 is 2.19 bits per heavy atom. The van der Waals surface area contributed by atoms with Crippen LogP contribution in [0, 0.1) is 0 Å². The third-order valence-electron chi connectivity index (χ3n) is 3.42. The molecule has 1 aliphatic heterocycles. The molecule has 6 nitrogen and oxygen atoms in total. The predicted octanol–water partition coefficient (Wildman–Crippen LogP) is 1.16. The minimum Gasteiger partial charge on any atom is -0.374 e. The summed E-state index contributed by atoms with van der Waals surface area (Å²) >= 11 is 0. The van der Waals surface area contributed by atoms with Gasteiger partial charge >= 0.3 is 0 Å². The molecular weight excluding hydrogens is 268 g/mol. The molecule has 2 aromatic rings. The molecule has 0 saturated carbocycles. The smallest absolute Gasteiger partial charge is 0.241 e. The number of likely N-dealkylation sites (N-methyl/N-ethyl adjacent to an activating group) is 1. The highest BCUT2D eigenvalue weighted by atomic mass is 16.5. The van der Waals surface area contributed by atoms with E-state index in [1.807, 2.05) is 37.4 Å². The Hall–Kier alpha value is -1.76. The molecule has 0 aliphatic carbocycles. The Morgan fingerprint density at radius 3 is 2.95 bits per heavy atom. The zero-order valence-corrected chi connectivity index (χ0v) is 12.2. The second-order valence-corrected chi connectivity index (χ2v) is 5.27. The molecule has 0 radical (unpaired) electrons. The number of rotatable bonds is 5. The molecule has 1 N–H and O–H groups in total. The molecule has 0 spiro atoms. The standard InChI is InChI=1S/C15H20N4O2/c1-19(10-13-9-16-7-8-20-13)11-14-17-15(18-21-14)12-5-3-2-4-6-12/h2-6,13,16H,7-11H2,1H3. The molecule has 0 bridgehead atoms. The Labute approximate surface area is 124 Å². The van der Waals surface area contributed by atoms with E-state index >= 15 is 0 Å². The van der Waals surface area contributed by atoms with Gasteiger partial charge in [-0.1, -0.05) is 35.5 Å². The molecule has 1 aromatic carbocycles. The van der Waals surface area contributed by atoms with Crippen LogP contribution in [0.3, 0.4) is 0 Å². The molecule has 0 amide bonds. The van der Waals surface area contributed by atoms with Crippen LogP contribution in [0.1, 0.15) is 5.89 Å². The number of benzene rings is 1. The normalized spacial score (nSPS) is 19.0. The molecule has 1 aliphatic rings. The quantitative estimate of drug-likeness (QED) is 0.890. The first-order chi connectivity index (χ1) is 10.3. The average molecular weight is 288 g/mol. The molecule has 21 heavy (non-hydrogen) atoms. The number of nitrogens with zero attached hydrogens (tertiary/aromatic N) is 3. The molecule has 1 saturated heterocycles. The van der Waals surface area contributed by atoms with Crippen molar-refractivity contribution in [3.05, 3.63) is 36.2 Å². The van der Waals surface area contributed by atoms with E-state index in [1.54, 1.807) is 0 Å². The summed E-state index contributed by atoms with van der Waals surface area (Å²) < 4.78 is 11.0. The highest BCUT2D eigenvalue weighted by Crippen LogP contribution is 2.15. The lowest BCUT2D eigenvalue weighted by molar-refractivity contribution is 0.00748. The number of hydrogen-bond donors (Lipinski definition) is 1. The Kier molecular flexibility index (Phi) is 4.59. The number of aromatic nitrogens is 2. The van der Waals surface area contributed by atoms with E-state index in [2.05, 4.69) is 20.4 Å². The highest BCUT2D eigenvalue weighted by molar-refractivity contribution is 5.53. The summed E-state index contributed by atoms with van der Waals surface area (Å²) in [5.74, 6) is 1.26. The SMILES string of the molecule is CN(Cc1nc(-c2ccccc2)no1)CC1CNCCO1. The first kappa shape index (κ1) is 14.2. The Bertz CT molecular complexity index is 552. The molecule has 1 fully saturated rings. The maximum absolute atomic E-state index is 5.69. The fourth-order valence-electron chi connectivity index (χ4n) is 2.40. The van der Waals surface area contributed by atoms with Crippen molar-refractivity contribution in [2.24, 2.45) is 0 Å². The van der Waals surface area contributed by atoms with Crippen molar-refractivity contribution in [1.82, 2.24) is 20.4 Å². The molecule has 1 unspecified atom stereocenters. The zero-order chi connectivity index (χ0) is 14.5. The summed E-state index contributed by atoms with van der Waals surface area (Å²) in [4.78, 5) is 6.58. The van der Waals surface area contributed by atoms with Crippen LogP contribution in [-0.4, -0.2) is 54.4 Å². The lowest BCUT2D eigenvalue weighted by Crippen LogP contribution is -2.44. The van der Waals surface area contributed by atoms with E-state index in [4.69, 9.17) is 9.26 Å². The summed E-state index contributed by atoms with van der Waals surface area (Å²) in [6.45, 7) is 4.07. The van der Waals surface area contributed by atoms with E-state index in [1.165, 1.54) is 0 Å². The maximum Gasteiger partial charge on any atom is 0.241 e. The summed E-state index contributed by atoms with van der Waals surface area (Å²) in [6, 6.07) is 9.84. The van der Waals surface area contributed by atoms with Gasteiger partial charge in [0, 0.05) is 25.2 Å². The Balaban J connectivity index is 1.56. The van der Waals surface area contributed by atoms with Crippen LogP contribution in [-0.2, 0) is 11.3 Å². The minimum absolute atomic E-state index is 0.222. The number of ether oxygens (including phenoxy) is 1. The monoisotopic (exact) mass is 288 g/mol. The van der Waals surface area contributed by atoms with Crippen LogP contribution in [0.15, 0.2) is 34.9 Å². The van der Waals surface area contributed by atoms with Crippen LogP contribution < -0.4 is 5.32 Å². The van der Waals surface area contributed by atoms with Crippen LogP contribution in [0.4, 0.5) is 0 Å². The highest BCUT2D eigenvalue weighted by Gasteiger charge is 2.17. The largest absolute Gasteiger partial charge is 0.374 e. The third-order valence-corrected chi connectivity index (χ3v) is 3.42. The topological polar surface area (TPSA) is 63.4 Å². The summed E-state index contributed by atoms with van der Waals surface area (Å²) in [5.41, 5.74) is 0.968. The van der Waals surface area contributed by atoms with E-state index in [9.17, 15) is 0 Å². The van der Waals surface area contributed by atoms with Gasteiger partial charge in [-0.25, -0.2) is 0 Å². The third kappa shape index (κ3) is 3.87. The lowest BCUT2D eigenvalue weighted by Gasteiger charge is -2.27. The van der Waals surface area contributed by atoms with Crippen molar-refractivity contribution < 1.29 is 9.26 Å². The predicted molar refractivity (Wildman–Crippen MR) is 78.7 cm³/mol. The van der Waals surface area contributed by atoms with Gasteiger partial charge in [-0.2, -0.15) is 4.98 Å². The van der Waals surface area contributed by atoms with Gasteiger partial charge in [0.2, 0.25) is 11.7 Å². The van der Waals surface area contributed by atoms with Crippen molar-refractivity contribution in [3.63, 3.8) is 0 Å². The first-order valence-corrected chi connectivity index (χ1v) is 7.20. The van der Waals surface area contributed by atoms with Gasteiger partial charge in [0.05, 0.1) is 19.3 Å². The van der Waals surface area contributed by atoms with E-state index in [0.717, 1.165) is 31.8 Å². The fourth-order valence-corrected chi connectivity index (χ4v) is 2.40. The number of nitrogens with one attached hydrogen (secondary N) is 1. The van der Waals surface area contributed by atoms with Crippen molar-refractivity contribution in [3.8, 4) is 11.4 Å². The summed E-state index contributed by atoms with van der Waals surface area (Å²) in [6.07, 6.45) is 0.222. The van der Waals surface area contributed by atoms with E-state index in [0.29, 0.717) is 18.3 Å². The molecule has 6 heteroatoms. The number of hydrogen-bond acceptors (Lipinski definition) is 6. The van der Waals surface area contributed by atoms with Gasteiger partial charge in [-0.15, -0.1) is 0 Å². The van der Waals surface area contributed by atoms with Crippen LogP contribution >= 0.6 is 0 Å². The molecule has 1 aromatic heterocycles. The van der Waals surface area contributed by atoms with Gasteiger partial charge in [0.15, 0.2) is 0 Å². The van der Waals surface area contributed by atoms with Gasteiger partial charge in [0.25, 0.3) is 0 Å². The second kappa shape index (κ2) is 6.80. The molecule has 112 valence electrons. The summed E-state index contributed by atoms with van der Waals surface area (Å²) in [5, 5.41) is 7.36. The average Bonchev–Trinajstić information content (AvgIpc) is 2.97. The van der Waals surface area contributed by atoms with Crippen molar-refractivity contribution in [2.45, 2.75) is 12.6 Å². The van der Waals surface area contributed by atoms with Crippen LogP contribution in [0.5, 0.6) is 0 Å². The summed E-state index contributed by atoms with van der Waals surface area (Å²) in [7, 11) is 2.03. The lowest BCUT2D eigenvalue weighted by atomic mass is 10.2. The molecule has 3 rings (SSSR count). The van der Waals surface area contributed by atoms with Crippen LogP contribution in [0.2, 0.25) is 0 Å². The first-order valence-electron chi connectivity index (χ1n) is 7.20. The van der Waals surface area contributed by atoms with Gasteiger partial charge in [-0.05, 0) is 7.05 Å². The second-order valence-electron chi connectivity index (χ2n) is 5.27. The minimum atomic E-state index is 0.222. The van der Waals surface area contributed by atoms with Gasteiger partial charge < -0.3 is 14.6 Å². The van der Waals surface area contributed by atoms with Gasteiger partial charge in [-0.3, -0.25) is 4.90 Å². The Morgan fingerprint density at radius 1 is 1.33 bits per heavy atom. The molecule has 1 atom stereocenters. The van der Waals surface area contributed by atoms with E-state index < -0.39 is 0 Å².